The number of halogens is 2. The molecule has 0 unspecified atom stereocenters. The summed E-state index contributed by atoms with van der Waals surface area (Å²) in [7, 11) is 0. The van der Waals surface area contributed by atoms with Crippen molar-refractivity contribution in [3.05, 3.63) is 70.1 Å². The Balaban J connectivity index is 1.80. The van der Waals surface area contributed by atoms with Gasteiger partial charge in [0, 0.05) is 27.1 Å². The van der Waals surface area contributed by atoms with Crippen molar-refractivity contribution < 1.29 is 18.7 Å². The molecule has 122 valence electrons. The molecule has 0 aliphatic heterocycles. The van der Waals surface area contributed by atoms with Crippen molar-refractivity contribution in [2.45, 2.75) is 13.0 Å². The van der Waals surface area contributed by atoms with Gasteiger partial charge in [0.1, 0.15) is 5.82 Å². The second kappa shape index (κ2) is 6.57. The number of esters is 1. The summed E-state index contributed by atoms with van der Waals surface area (Å²) in [5.74, 6) is -1.47. The van der Waals surface area contributed by atoms with Crippen molar-refractivity contribution in [1.82, 2.24) is 4.98 Å². The van der Waals surface area contributed by atoms with Gasteiger partial charge in [0.25, 0.3) is 0 Å². The number of para-hydroxylation sites is 1. The summed E-state index contributed by atoms with van der Waals surface area (Å²) in [6.07, 6.45) is 0.638. The van der Waals surface area contributed by atoms with E-state index in [9.17, 15) is 14.0 Å². The molecule has 0 saturated heterocycles. The number of ether oxygens (including phenoxy) is 1. The molecule has 2 aromatic carbocycles. The zero-order valence-corrected chi connectivity index (χ0v) is 14.3. The number of aromatic nitrogens is 1. The number of carbonyl (C=O) groups is 2. The number of rotatable bonds is 4. The molecule has 0 aliphatic rings. The van der Waals surface area contributed by atoms with Gasteiger partial charge < -0.3 is 9.72 Å². The molecular weight excluding hydrogens is 377 g/mol. The Bertz CT molecular complexity index is 935. The summed E-state index contributed by atoms with van der Waals surface area (Å²) in [5.41, 5.74) is 1.46. The molecule has 3 rings (SSSR count). The molecule has 24 heavy (non-hydrogen) atoms. The topological polar surface area (TPSA) is 59.2 Å². The monoisotopic (exact) mass is 389 g/mol. The molecule has 0 amide bonds. The molecule has 4 nitrogen and oxygen atoms in total. The first kappa shape index (κ1) is 16.4. The van der Waals surface area contributed by atoms with E-state index < -0.39 is 17.9 Å². The van der Waals surface area contributed by atoms with E-state index in [2.05, 4.69) is 20.9 Å². The van der Waals surface area contributed by atoms with Crippen LogP contribution in [0.25, 0.3) is 10.9 Å². The van der Waals surface area contributed by atoms with E-state index in [0.29, 0.717) is 5.56 Å². The number of benzene rings is 2. The van der Waals surface area contributed by atoms with Crippen LogP contribution in [0, 0.1) is 5.82 Å². The minimum absolute atomic E-state index is 0.162. The Hall–Kier alpha value is -2.47. The third kappa shape index (κ3) is 3.10. The summed E-state index contributed by atoms with van der Waals surface area (Å²) < 4.78 is 18.6. The van der Waals surface area contributed by atoms with E-state index in [0.717, 1.165) is 17.0 Å². The number of aromatic amines is 1. The molecule has 0 saturated carbocycles. The minimum Gasteiger partial charge on any atom is -0.451 e. The van der Waals surface area contributed by atoms with Crippen molar-refractivity contribution >= 4 is 38.6 Å². The van der Waals surface area contributed by atoms with Crippen LogP contribution in [0.2, 0.25) is 0 Å². The van der Waals surface area contributed by atoms with Gasteiger partial charge in [-0.25, -0.2) is 9.18 Å². The lowest BCUT2D eigenvalue weighted by atomic mass is 10.1. The highest BCUT2D eigenvalue weighted by Gasteiger charge is 2.23. The standard InChI is InChI=1S/C18H13BrFNO3/c1-10(24-18(23)13-7-6-11(20)8-15(13)19)17(22)14-9-21-16-5-3-2-4-12(14)16/h2-10,21H,1H3/t10-/m1/s1. The molecule has 1 aromatic heterocycles. The van der Waals surface area contributed by atoms with E-state index in [-0.39, 0.29) is 15.8 Å². The summed E-state index contributed by atoms with van der Waals surface area (Å²) in [5, 5.41) is 0.772. The lowest BCUT2D eigenvalue weighted by Crippen LogP contribution is -2.24. The maximum Gasteiger partial charge on any atom is 0.340 e. The van der Waals surface area contributed by atoms with E-state index in [1.165, 1.54) is 19.1 Å². The molecule has 0 radical (unpaired) electrons. The first-order valence-electron chi connectivity index (χ1n) is 7.23. The van der Waals surface area contributed by atoms with Gasteiger partial charge >= 0.3 is 5.97 Å². The number of ketones is 1. The second-order valence-corrected chi connectivity index (χ2v) is 6.14. The number of H-pyrrole nitrogens is 1. The molecule has 1 N–H and O–H groups in total. The third-order valence-corrected chi connectivity index (χ3v) is 4.31. The highest BCUT2D eigenvalue weighted by molar-refractivity contribution is 9.10. The number of hydrogen-bond acceptors (Lipinski definition) is 3. The third-order valence-electron chi connectivity index (χ3n) is 3.66. The second-order valence-electron chi connectivity index (χ2n) is 5.28. The van der Waals surface area contributed by atoms with Crippen molar-refractivity contribution in [1.29, 1.82) is 0 Å². The lowest BCUT2D eigenvalue weighted by molar-refractivity contribution is 0.0318. The van der Waals surface area contributed by atoms with Gasteiger partial charge in [0.15, 0.2) is 6.10 Å². The fourth-order valence-corrected chi connectivity index (χ4v) is 2.94. The maximum absolute atomic E-state index is 13.1. The van der Waals surface area contributed by atoms with Crippen LogP contribution >= 0.6 is 15.9 Å². The van der Waals surface area contributed by atoms with Gasteiger partial charge in [-0.3, -0.25) is 4.79 Å². The van der Waals surface area contributed by atoms with E-state index >= 15 is 0 Å². The number of fused-ring (bicyclic) bond motifs is 1. The van der Waals surface area contributed by atoms with Gasteiger partial charge in [-0.2, -0.15) is 0 Å². The first-order valence-corrected chi connectivity index (χ1v) is 8.03. The molecule has 0 aliphatic carbocycles. The van der Waals surface area contributed by atoms with Crippen molar-refractivity contribution in [2.24, 2.45) is 0 Å². The Morgan fingerprint density at radius 2 is 1.92 bits per heavy atom. The number of nitrogens with one attached hydrogen (secondary N) is 1. The maximum atomic E-state index is 13.1. The lowest BCUT2D eigenvalue weighted by Gasteiger charge is -2.12. The molecule has 0 spiro atoms. The van der Waals surface area contributed by atoms with E-state index in [1.807, 2.05) is 24.3 Å². The van der Waals surface area contributed by atoms with Gasteiger partial charge in [0.2, 0.25) is 5.78 Å². The highest BCUT2D eigenvalue weighted by Crippen LogP contribution is 2.22. The summed E-state index contributed by atoms with van der Waals surface area (Å²) in [6.45, 7) is 1.51. The van der Waals surface area contributed by atoms with E-state index in [1.54, 1.807) is 6.20 Å². The first-order chi connectivity index (χ1) is 11.5. The average molecular weight is 390 g/mol. The van der Waals surface area contributed by atoms with Crippen LogP contribution in [-0.2, 0) is 4.74 Å². The molecular formula is C18H13BrFNO3. The van der Waals surface area contributed by atoms with Gasteiger partial charge in [-0.1, -0.05) is 18.2 Å². The summed E-state index contributed by atoms with van der Waals surface area (Å²) in [6, 6.07) is 11.0. The Morgan fingerprint density at radius 1 is 1.17 bits per heavy atom. The molecule has 0 fully saturated rings. The normalized spacial score (nSPS) is 12.1. The van der Waals surface area contributed by atoms with Crippen LogP contribution < -0.4 is 0 Å². The van der Waals surface area contributed by atoms with Crippen LogP contribution in [0.4, 0.5) is 4.39 Å². The van der Waals surface area contributed by atoms with Crippen LogP contribution in [0.15, 0.2) is 53.1 Å². The predicted molar refractivity (Wildman–Crippen MR) is 91.6 cm³/mol. The van der Waals surface area contributed by atoms with Crippen molar-refractivity contribution in [3.63, 3.8) is 0 Å². The van der Waals surface area contributed by atoms with Gasteiger partial charge in [-0.05, 0) is 47.1 Å². The largest absolute Gasteiger partial charge is 0.451 e. The fraction of sp³-hybridized carbons (Fsp3) is 0.111. The molecule has 0 bridgehead atoms. The predicted octanol–water partition coefficient (Wildman–Crippen LogP) is 4.50. The van der Waals surface area contributed by atoms with Gasteiger partial charge in [-0.15, -0.1) is 0 Å². The van der Waals surface area contributed by atoms with Crippen molar-refractivity contribution in [3.8, 4) is 0 Å². The number of hydrogen-bond donors (Lipinski definition) is 1. The van der Waals surface area contributed by atoms with Crippen LogP contribution in [0.1, 0.15) is 27.6 Å². The molecule has 6 heteroatoms. The summed E-state index contributed by atoms with van der Waals surface area (Å²) >= 11 is 3.12. The molecule has 3 aromatic rings. The van der Waals surface area contributed by atoms with Crippen molar-refractivity contribution in [2.75, 3.05) is 0 Å². The van der Waals surface area contributed by atoms with Crippen LogP contribution in [-0.4, -0.2) is 22.8 Å². The van der Waals surface area contributed by atoms with Gasteiger partial charge in [0.05, 0.1) is 5.56 Å². The molecule has 1 heterocycles. The zero-order chi connectivity index (χ0) is 17.3. The smallest absolute Gasteiger partial charge is 0.340 e. The summed E-state index contributed by atoms with van der Waals surface area (Å²) in [4.78, 5) is 27.8. The molecule has 1 atom stereocenters. The van der Waals surface area contributed by atoms with Crippen LogP contribution in [0.3, 0.4) is 0 Å². The highest BCUT2D eigenvalue weighted by atomic mass is 79.9. The van der Waals surface area contributed by atoms with E-state index in [4.69, 9.17) is 4.74 Å². The quantitative estimate of drug-likeness (QED) is 0.527. The number of carbonyl (C=O) groups excluding carboxylic acids is 2. The average Bonchev–Trinajstić information content (AvgIpc) is 2.97. The number of Topliss-reactive ketones (excluding diaryl/α,β-unsaturated/α-hetero) is 1. The Kier molecular flexibility index (Phi) is 4.49. The zero-order valence-electron chi connectivity index (χ0n) is 12.7. The Morgan fingerprint density at radius 3 is 2.67 bits per heavy atom. The Labute approximate surface area is 145 Å². The fourth-order valence-electron chi connectivity index (χ4n) is 2.43. The SMILES string of the molecule is C[C@@H](OC(=O)c1ccc(F)cc1Br)C(=O)c1c[nH]c2ccccc12. The van der Waals surface area contributed by atoms with Crippen LogP contribution in [0.5, 0.6) is 0 Å². The minimum atomic E-state index is -0.964.